The van der Waals surface area contributed by atoms with Gasteiger partial charge in [0.05, 0.1) is 23.4 Å². The third-order valence-electron chi connectivity index (χ3n) is 5.40. The summed E-state index contributed by atoms with van der Waals surface area (Å²) in [5.74, 6) is 0.850. The number of hydrogen-bond donors (Lipinski definition) is 2. The van der Waals surface area contributed by atoms with Gasteiger partial charge < -0.3 is 15.4 Å². The Balaban J connectivity index is 1.28. The number of rotatable bonds is 11. The summed E-state index contributed by atoms with van der Waals surface area (Å²) in [7, 11) is 0. The number of aliphatic imine (C=N–C) groups is 1. The molecular formula is C24H37N5OS. The lowest BCUT2D eigenvalue weighted by Crippen LogP contribution is -2.38. The second-order valence-corrected chi connectivity index (χ2v) is 8.84. The molecule has 0 unspecified atom stereocenters. The minimum absolute atomic E-state index is 0.395. The van der Waals surface area contributed by atoms with Gasteiger partial charge in [-0.25, -0.2) is 9.98 Å². The van der Waals surface area contributed by atoms with Crippen molar-refractivity contribution >= 4 is 17.3 Å². The van der Waals surface area contributed by atoms with Gasteiger partial charge in [0.2, 0.25) is 0 Å². The molecule has 1 aromatic carbocycles. The van der Waals surface area contributed by atoms with Crippen molar-refractivity contribution in [2.45, 2.75) is 58.7 Å². The Morgan fingerprint density at radius 2 is 2.00 bits per heavy atom. The molecule has 0 spiro atoms. The SMILES string of the molecule is CCNC(=NCc1csc(CC)n1)NCCCOC1CCN(Cc2ccccc2)CC1. The van der Waals surface area contributed by atoms with Gasteiger partial charge >= 0.3 is 0 Å². The van der Waals surface area contributed by atoms with Gasteiger partial charge in [-0.15, -0.1) is 11.3 Å². The topological polar surface area (TPSA) is 61.8 Å². The van der Waals surface area contributed by atoms with Crippen molar-refractivity contribution in [3.8, 4) is 0 Å². The van der Waals surface area contributed by atoms with Crippen LogP contribution in [0.1, 0.15) is 49.4 Å². The average Bonchev–Trinajstić information content (AvgIpc) is 3.27. The van der Waals surface area contributed by atoms with Crippen LogP contribution < -0.4 is 10.6 Å². The zero-order valence-electron chi connectivity index (χ0n) is 19.0. The van der Waals surface area contributed by atoms with Crippen LogP contribution in [0.4, 0.5) is 0 Å². The van der Waals surface area contributed by atoms with E-state index < -0.39 is 0 Å². The Hall–Kier alpha value is -1.96. The maximum absolute atomic E-state index is 6.13. The van der Waals surface area contributed by atoms with E-state index in [0.717, 1.165) is 76.7 Å². The molecule has 0 radical (unpaired) electrons. The summed E-state index contributed by atoms with van der Waals surface area (Å²) >= 11 is 1.71. The lowest BCUT2D eigenvalue weighted by molar-refractivity contribution is 0.00534. The molecule has 31 heavy (non-hydrogen) atoms. The van der Waals surface area contributed by atoms with Gasteiger partial charge in [0.15, 0.2) is 5.96 Å². The van der Waals surface area contributed by atoms with Crippen LogP contribution >= 0.6 is 11.3 Å². The number of guanidine groups is 1. The first-order chi connectivity index (χ1) is 15.3. The first-order valence-electron chi connectivity index (χ1n) is 11.6. The zero-order valence-corrected chi connectivity index (χ0v) is 19.8. The summed E-state index contributed by atoms with van der Waals surface area (Å²) in [6, 6.07) is 10.7. The largest absolute Gasteiger partial charge is 0.378 e. The van der Waals surface area contributed by atoms with E-state index in [2.05, 4.69) is 75.1 Å². The number of nitrogens with zero attached hydrogens (tertiary/aromatic N) is 3. The molecule has 1 aliphatic rings. The van der Waals surface area contributed by atoms with E-state index in [1.165, 1.54) is 10.6 Å². The third kappa shape index (κ3) is 8.59. The number of likely N-dealkylation sites (tertiary alicyclic amines) is 1. The van der Waals surface area contributed by atoms with Crippen LogP contribution in [0.15, 0.2) is 40.7 Å². The van der Waals surface area contributed by atoms with Crippen molar-refractivity contribution in [1.82, 2.24) is 20.5 Å². The Kier molecular flexibility index (Phi) is 10.3. The fourth-order valence-electron chi connectivity index (χ4n) is 3.69. The molecule has 3 rings (SSSR count). The van der Waals surface area contributed by atoms with Gasteiger partial charge in [0.25, 0.3) is 0 Å². The average molecular weight is 444 g/mol. The van der Waals surface area contributed by atoms with Gasteiger partial charge in [-0.3, -0.25) is 4.90 Å². The first kappa shape index (κ1) is 23.7. The van der Waals surface area contributed by atoms with Gasteiger partial charge in [-0.05, 0) is 38.2 Å². The molecule has 1 aliphatic heterocycles. The summed E-state index contributed by atoms with van der Waals surface area (Å²) in [5, 5.41) is 9.99. The number of benzene rings is 1. The van der Waals surface area contributed by atoms with Crippen LogP contribution in [0, 0.1) is 0 Å². The molecule has 0 bridgehead atoms. The van der Waals surface area contributed by atoms with Gasteiger partial charge in [-0.1, -0.05) is 37.3 Å². The quantitative estimate of drug-likeness (QED) is 0.314. The monoisotopic (exact) mass is 443 g/mol. The minimum Gasteiger partial charge on any atom is -0.378 e. The number of piperidine rings is 1. The summed E-state index contributed by atoms with van der Waals surface area (Å²) < 4.78 is 6.13. The molecule has 1 aromatic heterocycles. The maximum atomic E-state index is 6.13. The standard InChI is InChI=1S/C24H37N5OS/c1-3-23-28-21(19-31-23)17-27-24(25-4-2)26-13-8-16-30-22-11-14-29(15-12-22)18-20-9-6-5-7-10-20/h5-7,9-10,19,22H,3-4,8,11-18H2,1-2H3,(H2,25,26,27). The smallest absolute Gasteiger partial charge is 0.191 e. The number of nitrogens with one attached hydrogen (secondary N) is 2. The van der Waals surface area contributed by atoms with Crippen LogP contribution in [0.3, 0.4) is 0 Å². The molecule has 7 heteroatoms. The highest BCUT2D eigenvalue weighted by Gasteiger charge is 2.19. The van der Waals surface area contributed by atoms with Crippen molar-refractivity contribution in [3.63, 3.8) is 0 Å². The Morgan fingerprint density at radius 3 is 2.71 bits per heavy atom. The van der Waals surface area contributed by atoms with Crippen LogP contribution in [0.2, 0.25) is 0 Å². The van der Waals surface area contributed by atoms with Crippen LogP contribution in [0.25, 0.3) is 0 Å². The predicted octanol–water partition coefficient (Wildman–Crippen LogP) is 3.83. The van der Waals surface area contributed by atoms with Gasteiger partial charge in [-0.2, -0.15) is 0 Å². The fraction of sp³-hybridized carbons (Fsp3) is 0.583. The number of thiazole rings is 1. The molecule has 0 atom stereocenters. The molecule has 2 aromatic rings. The van der Waals surface area contributed by atoms with Gasteiger partial charge in [0, 0.05) is 44.7 Å². The number of aromatic nitrogens is 1. The highest BCUT2D eigenvalue weighted by atomic mass is 32.1. The molecule has 6 nitrogen and oxygen atoms in total. The Morgan fingerprint density at radius 1 is 1.19 bits per heavy atom. The third-order valence-corrected chi connectivity index (χ3v) is 6.44. The summed E-state index contributed by atoms with van der Waals surface area (Å²) in [5.41, 5.74) is 2.44. The molecule has 170 valence electrons. The number of hydrogen-bond acceptors (Lipinski definition) is 5. The van der Waals surface area contributed by atoms with Crippen molar-refractivity contribution in [2.75, 3.05) is 32.8 Å². The zero-order chi connectivity index (χ0) is 21.7. The van der Waals surface area contributed by atoms with E-state index in [1.807, 2.05) is 0 Å². The molecular weight excluding hydrogens is 406 g/mol. The normalized spacial score (nSPS) is 15.9. The predicted molar refractivity (Wildman–Crippen MR) is 130 cm³/mol. The lowest BCUT2D eigenvalue weighted by atomic mass is 10.1. The van der Waals surface area contributed by atoms with E-state index in [4.69, 9.17) is 4.74 Å². The molecule has 0 amide bonds. The van der Waals surface area contributed by atoms with Crippen LogP contribution in [0.5, 0.6) is 0 Å². The molecule has 2 N–H and O–H groups in total. The van der Waals surface area contributed by atoms with Crippen LogP contribution in [-0.4, -0.2) is 54.7 Å². The first-order valence-corrected chi connectivity index (χ1v) is 12.5. The number of ether oxygens (including phenoxy) is 1. The minimum atomic E-state index is 0.395. The van der Waals surface area contributed by atoms with Crippen LogP contribution in [-0.2, 0) is 24.2 Å². The molecule has 2 heterocycles. The Bertz CT molecular complexity index is 771. The molecule has 0 saturated carbocycles. The van der Waals surface area contributed by atoms with E-state index in [9.17, 15) is 0 Å². The molecule has 0 aliphatic carbocycles. The molecule has 1 saturated heterocycles. The highest BCUT2D eigenvalue weighted by molar-refractivity contribution is 7.09. The van der Waals surface area contributed by atoms with Crippen molar-refractivity contribution in [2.24, 2.45) is 4.99 Å². The second-order valence-electron chi connectivity index (χ2n) is 7.89. The second kappa shape index (κ2) is 13.5. The fourth-order valence-corrected chi connectivity index (χ4v) is 4.43. The molecule has 1 fully saturated rings. The summed E-state index contributed by atoms with van der Waals surface area (Å²) in [6.07, 6.45) is 4.60. The van der Waals surface area contributed by atoms with E-state index in [1.54, 1.807) is 11.3 Å². The van der Waals surface area contributed by atoms with E-state index in [0.29, 0.717) is 12.6 Å². The van der Waals surface area contributed by atoms with Crippen molar-refractivity contribution in [3.05, 3.63) is 52.0 Å². The number of aryl methyl sites for hydroxylation is 1. The van der Waals surface area contributed by atoms with Crippen molar-refractivity contribution < 1.29 is 4.74 Å². The van der Waals surface area contributed by atoms with Gasteiger partial charge in [0.1, 0.15) is 0 Å². The summed E-state index contributed by atoms with van der Waals surface area (Å²) in [6.45, 7) is 10.6. The van der Waals surface area contributed by atoms with Crippen molar-refractivity contribution in [1.29, 1.82) is 0 Å². The van der Waals surface area contributed by atoms with E-state index in [-0.39, 0.29) is 0 Å². The maximum Gasteiger partial charge on any atom is 0.191 e. The van der Waals surface area contributed by atoms with E-state index >= 15 is 0 Å². The lowest BCUT2D eigenvalue weighted by Gasteiger charge is -2.32. The highest BCUT2D eigenvalue weighted by Crippen LogP contribution is 2.16. The Labute approximate surface area is 191 Å². The summed E-state index contributed by atoms with van der Waals surface area (Å²) in [4.78, 5) is 11.8.